The second-order valence-electron chi connectivity index (χ2n) is 6.42. The zero-order valence-electron chi connectivity index (χ0n) is 15.0. The van der Waals surface area contributed by atoms with Gasteiger partial charge in [-0.2, -0.15) is 0 Å². The van der Waals surface area contributed by atoms with Crippen molar-refractivity contribution >= 4 is 33.4 Å². The highest BCUT2D eigenvalue weighted by Gasteiger charge is 2.28. The SMILES string of the molecule is CN1C(=O)COc2cc(S(=O)(=O)N(C)C3=Cc4ccccc4NC3)ccc21. The summed E-state index contributed by atoms with van der Waals surface area (Å²) in [4.78, 5) is 13.3. The van der Waals surface area contributed by atoms with Crippen LogP contribution in [0.3, 0.4) is 0 Å². The third-order valence-corrected chi connectivity index (χ3v) is 6.63. The van der Waals surface area contributed by atoms with Gasteiger partial charge in [0.05, 0.1) is 17.1 Å². The molecular weight excluding hydrogens is 366 g/mol. The highest BCUT2D eigenvalue weighted by Crippen LogP contribution is 2.35. The molecule has 0 spiro atoms. The number of nitrogens with one attached hydrogen (secondary N) is 1. The van der Waals surface area contributed by atoms with Crippen molar-refractivity contribution in [2.24, 2.45) is 0 Å². The smallest absolute Gasteiger partial charge is 0.264 e. The summed E-state index contributed by atoms with van der Waals surface area (Å²) in [7, 11) is -0.591. The van der Waals surface area contributed by atoms with Crippen molar-refractivity contribution in [1.82, 2.24) is 4.31 Å². The predicted octanol–water partition coefficient (Wildman–Crippen LogP) is 2.13. The third kappa shape index (κ3) is 2.91. The van der Waals surface area contributed by atoms with Crippen molar-refractivity contribution in [2.75, 3.05) is 37.5 Å². The number of amides is 1. The Balaban J connectivity index is 1.68. The highest BCUT2D eigenvalue weighted by molar-refractivity contribution is 7.89. The van der Waals surface area contributed by atoms with Crippen LogP contribution in [0.5, 0.6) is 5.75 Å². The van der Waals surface area contributed by atoms with Gasteiger partial charge in [-0.15, -0.1) is 0 Å². The van der Waals surface area contributed by atoms with Gasteiger partial charge in [0.15, 0.2) is 6.61 Å². The maximum Gasteiger partial charge on any atom is 0.264 e. The van der Waals surface area contributed by atoms with Gasteiger partial charge < -0.3 is 15.0 Å². The van der Waals surface area contributed by atoms with Gasteiger partial charge in [0.1, 0.15) is 5.75 Å². The molecule has 27 heavy (non-hydrogen) atoms. The zero-order chi connectivity index (χ0) is 19.2. The van der Waals surface area contributed by atoms with Crippen molar-refractivity contribution in [3.05, 3.63) is 53.7 Å². The summed E-state index contributed by atoms with van der Waals surface area (Å²) in [5.41, 5.74) is 3.11. The van der Waals surface area contributed by atoms with Crippen LogP contribution in [0, 0.1) is 0 Å². The largest absolute Gasteiger partial charge is 0.482 e. The Bertz CT molecular complexity index is 1060. The van der Waals surface area contributed by atoms with Crippen LogP contribution in [0.1, 0.15) is 5.56 Å². The Kier molecular flexibility index (Phi) is 4.07. The molecule has 140 valence electrons. The van der Waals surface area contributed by atoms with Gasteiger partial charge >= 0.3 is 0 Å². The maximum absolute atomic E-state index is 13.1. The van der Waals surface area contributed by atoms with Crippen molar-refractivity contribution in [3.63, 3.8) is 0 Å². The second-order valence-corrected chi connectivity index (χ2v) is 8.39. The van der Waals surface area contributed by atoms with Crippen molar-refractivity contribution in [1.29, 1.82) is 0 Å². The van der Waals surface area contributed by atoms with Crippen molar-refractivity contribution < 1.29 is 17.9 Å². The van der Waals surface area contributed by atoms with E-state index in [1.54, 1.807) is 13.1 Å². The van der Waals surface area contributed by atoms with Gasteiger partial charge in [0.2, 0.25) is 0 Å². The Morgan fingerprint density at radius 1 is 1.19 bits per heavy atom. The Morgan fingerprint density at radius 2 is 1.96 bits per heavy atom. The third-order valence-electron chi connectivity index (χ3n) is 4.82. The molecular formula is C19H19N3O4S. The summed E-state index contributed by atoms with van der Waals surface area (Å²) in [5.74, 6) is 0.208. The first-order chi connectivity index (χ1) is 12.9. The summed E-state index contributed by atoms with van der Waals surface area (Å²) >= 11 is 0. The molecule has 0 aromatic heterocycles. The quantitative estimate of drug-likeness (QED) is 0.876. The molecule has 1 amide bonds. The first-order valence-electron chi connectivity index (χ1n) is 8.44. The molecule has 0 bridgehead atoms. The number of ether oxygens (including phenoxy) is 1. The highest BCUT2D eigenvalue weighted by atomic mass is 32.2. The Morgan fingerprint density at radius 3 is 2.78 bits per heavy atom. The van der Waals surface area contributed by atoms with Crippen LogP contribution in [0.4, 0.5) is 11.4 Å². The summed E-state index contributed by atoms with van der Waals surface area (Å²) in [6.07, 6.45) is 1.87. The normalized spacial score (nSPS) is 15.9. The minimum Gasteiger partial charge on any atom is -0.482 e. The fraction of sp³-hybridized carbons (Fsp3) is 0.211. The number of anilines is 2. The van der Waals surface area contributed by atoms with E-state index >= 15 is 0 Å². The van der Waals surface area contributed by atoms with Gasteiger partial charge in [0, 0.05) is 31.5 Å². The molecule has 0 atom stereocenters. The number of carbonyl (C=O) groups excluding carboxylic acids is 1. The topological polar surface area (TPSA) is 79.0 Å². The minimum atomic E-state index is -3.76. The minimum absolute atomic E-state index is 0.102. The number of carbonyl (C=O) groups is 1. The van der Waals surface area contributed by atoms with E-state index < -0.39 is 10.0 Å². The number of fused-ring (bicyclic) bond motifs is 2. The summed E-state index contributed by atoms with van der Waals surface area (Å²) in [6, 6.07) is 12.3. The van der Waals surface area contributed by atoms with E-state index in [0.29, 0.717) is 23.7 Å². The first kappa shape index (κ1) is 17.4. The molecule has 2 aliphatic rings. The molecule has 0 fully saturated rings. The molecule has 8 heteroatoms. The summed E-state index contributed by atoms with van der Waals surface area (Å²) in [6.45, 7) is 0.306. The van der Waals surface area contributed by atoms with Crippen LogP contribution in [-0.2, 0) is 14.8 Å². The Labute approximate surface area is 157 Å². The number of hydrogen-bond acceptors (Lipinski definition) is 5. The van der Waals surface area contributed by atoms with Crippen LogP contribution >= 0.6 is 0 Å². The molecule has 0 unspecified atom stereocenters. The predicted molar refractivity (Wildman–Crippen MR) is 103 cm³/mol. The van der Waals surface area contributed by atoms with E-state index in [9.17, 15) is 13.2 Å². The number of rotatable bonds is 3. The van der Waals surface area contributed by atoms with Crippen LogP contribution in [-0.4, -0.2) is 45.9 Å². The number of para-hydroxylation sites is 1. The number of benzene rings is 2. The fourth-order valence-corrected chi connectivity index (χ4v) is 4.37. The monoisotopic (exact) mass is 385 g/mol. The van der Waals surface area contributed by atoms with E-state index in [2.05, 4.69) is 5.32 Å². The van der Waals surface area contributed by atoms with Gasteiger partial charge in [-0.3, -0.25) is 9.10 Å². The molecule has 2 aliphatic heterocycles. The van der Waals surface area contributed by atoms with E-state index in [-0.39, 0.29) is 17.4 Å². The molecule has 7 nitrogen and oxygen atoms in total. The lowest BCUT2D eigenvalue weighted by Gasteiger charge is -2.28. The number of hydrogen-bond donors (Lipinski definition) is 1. The van der Waals surface area contributed by atoms with Crippen molar-refractivity contribution in [2.45, 2.75) is 4.90 Å². The molecule has 0 radical (unpaired) electrons. The van der Waals surface area contributed by atoms with E-state index in [1.165, 1.54) is 28.4 Å². The molecule has 0 aliphatic carbocycles. The zero-order valence-corrected chi connectivity index (χ0v) is 15.8. The average molecular weight is 385 g/mol. The van der Waals surface area contributed by atoms with Gasteiger partial charge in [0.25, 0.3) is 15.9 Å². The van der Waals surface area contributed by atoms with Crippen molar-refractivity contribution in [3.8, 4) is 5.75 Å². The van der Waals surface area contributed by atoms with Crippen LogP contribution in [0.25, 0.3) is 6.08 Å². The molecule has 2 heterocycles. The van der Waals surface area contributed by atoms with E-state index in [0.717, 1.165) is 11.3 Å². The second kappa shape index (κ2) is 6.31. The van der Waals surface area contributed by atoms with Gasteiger partial charge in [-0.25, -0.2) is 8.42 Å². The van der Waals surface area contributed by atoms with Crippen LogP contribution in [0.2, 0.25) is 0 Å². The molecule has 0 saturated carbocycles. The fourth-order valence-electron chi connectivity index (χ4n) is 3.13. The maximum atomic E-state index is 13.1. The lowest BCUT2D eigenvalue weighted by molar-refractivity contribution is -0.120. The number of sulfonamides is 1. The molecule has 0 saturated heterocycles. The number of likely N-dealkylation sites (N-methyl/N-ethyl adjacent to an activating group) is 2. The Hall–Kier alpha value is -3.00. The van der Waals surface area contributed by atoms with Gasteiger partial charge in [-0.05, 0) is 29.8 Å². The molecule has 1 N–H and O–H groups in total. The molecule has 2 aromatic carbocycles. The van der Waals surface area contributed by atoms with Gasteiger partial charge in [-0.1, -0.05) is 18.2 Å². The van der Waals surface area contributed by atoms with E-state index in [4.69, 9.17) is 4.74 Å². The first-order valence-corrected chi connectivity index (χ1v) is 9.88. The summed E-state index contributed by atoms with van der Waals surface area (Å²) < 4.78 is 32.9. The summed E-state index contributed by atoms with van der Waals surface area (Å²) in [5, 5.41) is 3.23. The molecule has 2 aromatic rings. The average Bonchev–Trinajstić information content (AvgIpc) is 2.69. The van der Waals surface area contributed by atoms with Crippen LogP contribution in [0.15, 0.2) is 53.1 Å². The van der Waals surface area contributed by atoms with Crippen LogP contribution < -0.4 is 15.0 Å². The molecule has 4 rings (SSSR count). The lowest BCUT2D eigenvalue weighted by Crippen LogP contribution is -2.35. The number of nitrogens with zero attached hydrogens (tertiary/aromatic N) is 2. The standard InChI is InChI=1S/C19H19N3O4S/c1-21-17-8-7-15(10-18(17)26-12-19(21)23)27(24,25)22(2)14-9-13-5-3-4-6-16(13)20-11-14/h3-10,20H,11-12H2,1-2H3. The lowest BCUT2D eigenvalue weighted by atomic mass is 10.1. The van der Waals surface area contributed by atoms with E-state index in [1.807, 2.05) is 30.3 Å².